The van der Waals surface area contributed by atoms with Gasteiger partial charge < -0.3 is 14.7 Å². The maximum absolute atomic E-state index is 12.3. The molecule has 1 fully saturated rings. The molecule has 2 aromatic heterocycles. The first-order chi connectivity index (χ1) is 8.75. The fourth-order valence-corrected chi connectivity index (χ4v) is 2.11. The maximum Gasteiger partial charge on any atom is 0.257 e. The summed E-state index contributed by atoms with van der Waals surface area (Å²) in [7, 11) is 0. The SMILES string of the molecule is Cc1noc2ncc(C(=O)N3CCNCC3)cc12.Cl. The fraction of sp³-hybridized carbons (Fsp3) is 0.417. The molecule has 6 nitrogen and oxygen atoms in total. The van der Waals surface area contributed by atoms with E-state index in [1.807, 2.05) is 11.8 Å². The number of hydrogen-bond acceptors (Lipinski definition) is 5. The number of aryl methyl sites for hydroxylation is 1. The molecule has 1 saturated heterocycles. The minimum absolute atomic E-state index is 0. The van der Waals surface area contributed by atoms with Crippen molar-refractivity contribution >= 4 is 29.4 Å². The van der Waals surface area contributed by atoms with Crippen molar-refractivity contribution in [2.45, 2.75) is 6.92 Å². The number of pyridine rings is 1. The van der Waals surface area contributed by atoms with Gasteiger partial charge in [-0.05, 0) is 13.0 Å². The van der Waals surface area contributed by atoms with E-state index in [-0.39, 0.29) is 18.3 Å². The van der Waals surface area contributed by atoms with Crippen molar-refractivity contribution in [1.29, 1.82) is 0 Å². The van der Waals surface area contributed by atoms with Crippen LogP contribution in [0.15, 0.2) is 16.8 Å². The summed E-state index contributed by atoms with van der Waals surface area (Å²) < 4.78 is 5.03. The predicted octanol–water partition coefficient (Wildman–Crippen LogP) is 0.998. The zero-order valence-corrected chi connectivity index (χ0v) is 11.4. The van der Waals surface area contributed by atoms with Crippen molar-refractivity contribution in [1.82, 2.24) is 20.4 Å². The third kappa shape index (κ3) is 2.54. The van der Waals surface area contributed by atoms with Gasteiger partial charge in [0.2, 0.25) is 0 Å². The van der Waals surface area contributed by atoms with Crippen molar-refractivity contribution in [3.63, 3.8) is 0 Å². The summed E-state index contributed by atoms with van der Waals surface area (Å²) in [4.78, 5) is 18.2. The van der Waals surface area contributed by atoms with Crippen LogP contribution < -0.4 is 5.32 Å². The highest BCUT2D eigenvalue weighted by Gasteiger charge is 2.19. The molecular weight excluding hydrogens is 268 g/mol. The van der Waals surface area contributed by atoms with Crippen molar-refractivity contribution in [2.24, 2.45) is 0 Å². The quantitative estimate of drug-likeness (QED) is 0.845. The second kappa shape index (κ2) is 5.54. The van der Waals surface area contributed by atoms with Gasteiger partial charge >= 0.3 is 0 Å². The Morgan fingerprint density at radius 2 is 2.16 bits per heavy atom. The van der Waals surface area contributed by atoms with Crippen LogP contribution in [0.4, 0.5) is 0 Å². The molecule has 0 unspecified atom stereocenters. The standard InChI is InChI=1S/C12H14N4O2.ClH/c1-8-10-6-9(7-14-11(10)18-15-8)12(17)16-4-2-13-3-5-16;/h6-7,13H,2-5H2,1H3;1H. The molecule has 102 valence electrons. The average Bonchev–Trinajstić information content (AvgIpc) is 2.80. The van der Waals surface area contributed by atoms with Crippen LogP contribution in [0.5, 0.6) is 0 Å². The minimum atomic E-state index is 0. The summed E-state index contributed by atoms with van der Waals surface area (Å²) >= 11 is 0. The molecule has 0 radical (unpaired) electrons. The van der Waals surface area contributed by atoms with Gasteiger partial charge in [0.05, 0.1) is 16.6 Å². The number of rotatable bonds is 1. The van der Waals surface area contributed by atoms with Gasteiger partial charge in [0, 0.05) is 32.4 Å². The zero-order valence-electron chi connectivity index (χ0n) is 10.5. The molecule has 1 aliphatic rings. The van der Waals surface area contributed by atoms with Gasteiger partial charge in [0.15, 0.2) is 0 Å². The van der Waals surface area contributed by atoms with E-state index in [0.29, 0.717) is 11.3 Å². The second-order valence-corrected chi connectivity index (χ2v) is 4.39. The first-order valence-corrected chi connectivity index (χ1v) is 5.98. The van der Waals surface area contributed by atoms with Crippen LogP contribution in [-0.2, 0) is 0 Å². The van der Waals surface area contributed by atoms with Crippen molar-refractivity contribution < 1.29 is 9.32 Å². The number of nitrogens with one attached hydrogen (secondary N) is 1. The van der Waals surface area contributed by atoms with E-state index >= 15 is 0 Å². The Bertz CT molecular complexity index is 592. The molecule has 1 aliphatic heterocycles. The highest BCUT2D eigenvalue weighted by Crippen LogP contribution is 2.17. The lowest BCUT2D eigenvalue weighted by atomic mass is 10.2. The van der Waals surface area contributed by atoms with E-state index in [0.717, 1.165) is 37.3 Å². The minimum Gasteiger partial charge on any atom is -0.336 e. The number of carbonyl (C=O) groups is 1. The molecular formula is C12H15ClN4O2. The Balaban J connectivity index is 0.00000133. The molecule has 2 aromatic rings. The molecule has 0 aromatic carbocycles. The molecule has 7 heteroatoms. The van der Waals surface area contributed by atoms with Gasteiger partial charge in [-0.1, -0.05) is 5.16 Å². The number of halogens is 1. The van der Waals surface area contributed by atoms with Crippen molar-refractivity contribution in [3.05, 3.63) is 23.5 Å². The number of aromatic nitrogens is 2. The molecule has 0 spiro atoms. The average molecular weight is 283 g/mol. The molecule has 19 heavy (non-hydrogen) atoms. The normalized spacial score (nSPS) is 15.3. The predicted molar refractivity (Wildman–Crippen MR) is 72.6 cm³/mol. The molecule has 0 aliphatic carbocycles. The van der Waals surface area contributed by atoms with Crippen LogP contribution in [0.25, 0.3) is 11.1 Å². The Labute approximate surface area is 116 Å². The number of carbonyl (C=O) groups excluding carboxylic acids is 1. The van der Waals surface area contributed by atoms with Gasteiger partial charge in [-0.3, -0.25) is 4.79 Å². The first kappa shape index (κ1) is 13.8. The van der Waals surface area contributed by atoms with Gasteiger partial charge in [0.25, 0.3) is 11.6 Å². The third-order valence-electron chi connectivity index (χ3n) is 3.16. The van der Waals surface area contributed by atoms with E-state index in [2.05, 4.69) is 15.5 Å². The molecule has 0 bridgehead atoms. The number of piperazine rings is 1. The van der Waals surface area contributed by atoms with E-state index in [1.54, 1.807) is 12.3 Å². The highest BCUT2D eigenvalue weighted by atomic mass is 35.5. The molecule has 3 heterocycles. The fourth-order valence-electron chi connectivity index (χ4n) is 2.11. The maximum atomic E-state index is 12.3. The molecule has 0 saturated carbocycles. The largest absolute Gasteiger partial charge is 0.336 e. The topological polar surface area (TPSA) is 71.3 Å². The molecule has 1 amide bonds. The Kier molecular flexibility index (Phi) is 4.01. The van der Waals surface area contributed by atoms with Gasteiger partial charge in [-0.25, -0.2) is 4.98 Å². The van der Waals surface area contributed by atoms with E-state index < -0.39 is 0 Å². The zero-order chi connectivity index (χ0) is 12.5. The van der Waals surface area contributed by atoms with Crippen molar-refractivity contribution in [3.8, 4) is 0 Å². The van der Waals surface area contributed by atoms with Crippen LogP contribution in [0, 0.1) is 6.92 Å². The molecule has 1 N–H and O–H groups in total. The Morgan fingerprint density at radius 1 is 1.42 bits per heavy atom. The van der Waals surface area contributed by atoms with Gasteiger partial charge in [-0.15, -0.1) is 12.4 Å². The summed E-state index contributed by atoms with van der Waals surface area (Å²) in [6.45, 7) is 4.99. The highest BCUT2D eigenvalue weighted by molar-refractivity contribution is 5.97. The van der Waals surface area contributed by atoms with Crippen LogP contribution in [0.1, 0.15) is 16.1 Å². The van der Waals surface area contributed by atoms with Crippen LogP contribution in [0.2, 0.25) is 0 Å². The first-order valence-electron chi connectivity index (χ1n) is 5.98. The van der Waals surface area contributed by atoms with Gasteiger partial charge in [0.1, 0.15) is 0 Å². The van der Waals surface area contributed by atoms with E-state index in [4.69, 9.17) is 4.52 Å². The van der Waals surface area contributed by atoms with E-state index in [9.17, 15) is 4.79 Å². The summed E-state index contributed by atoms with van der Waals surface area (Å²) in [5.74, 6) is 0.0199. The summed E-state index contributed by atoms with van der Waals surface area (Å²) in [6.07, 6.45) is 1.55. The second-order valence-electron chi connectivity index (χ2n) is 4.39. The van der Waals surface area contributed by atoms with Crippen LogP contribution in [0.3, 0.4) is 0 Å². The lowest BCUT2D eigenvalue weighted by Crippen LogP contribution is -2.46. The molecule has 3 rings (SSSR count). The lowest BCUT2D eigenvalue weighted by molar-refractivity contribution is 0.0735. The number of nitrogens with zero attached hydrogens (tertiary/aromatic N) is 3. The summed E-state index contributed by atoms with van der Waals surface area (Å²) in [6, 6.07) is 1.80. The van der Waals surface area contributed by atoms with Gasteiger partial charge in [-0.2, -0.15) is 0 Å². The summed E-state index contributed by atoms with van der Waals surface area (Å²) in [5.41, 5.74) is 1.83. The summed E-state index contributed by atoms with van der Waals surface area (Å²) in [5, 5.41) is 7.86. The Hall–Kier alpha value is -1.66. The van der Waals surface area contributed by atoms with Crippen LogP contribution in [-0.4, -0.2) is 47.1 Å². The number of fused-ring (bicyclic) bond motifs is 1. The van der Waals surface area contributed by atoms with Crippen LogP contribution >= 0.6 is 12.4 Å². The monoisotopic (exact) mass is 282 g/mol. The number of hydrogen-bond donors (Lipinski definition) is 1. The molecule has 0 atom stereocenters. The Morgan fingerprint density at radius 3 is 2.89 bits per heavy atom. The lowest BCUT2D eigenvalue weighted by Gasteiger charge is -2.27. The van der Waals surface area contributed by atoms with E-state index in [1.165, 1.54) is 0 Å². The van der Waals surface area contributed by atoms with Crippen molar-refractivity contribution in [2.75, 3.05) is 26.2 Å². The number of amides is 1. The third-order valence-corrected chi connectivity index (χ3v) is 3.16. The smallest absolute Gasteiger partial charge is 0.257 e.